The van der Waals surface area contributed by atoms with Crippen molar-refractivity contribution in [3.8, 4) is 0 Å². The molecule has 0 atom stereocenters. The van der Waals surface area contributed by atoms with E-state index in [4.69, 9.17) is 0 Å². The molecular weight excluding hydrogens is 199 g/mol. The number of benzene rings is 1. The third kappa shape index (κ3) is 2.87. The molecule has 1 aromatic rings. The Morgan fingerprint density at radius 2 is 2.07 bits per heavy atom. The fraction of sp³-hybridized carbons (Fsp3) is 0.273. The summed E-state index contributed by atoms with van der Waals surface area (Å²) in [7, 11) is 1.26. The Labute approximate surface area is 86.9 Å². The zero-order valence-corrected chi connectivity index (χ0v) is 8.54. The average Bonchev–Trinajstić information content (AvgIpc) is 2.20. The van der Waals surface area contributed by atoms with Crippen molar-refractivity contribution < 1.29 is 18.7 Å². The number of esters is 1. The van der Waals surface area contributed by atoms with Crippen molar-refractivity contribution in [2.45, 2.75) is 13.3 Å². The van der Waals surface area contributed by atoms with Crippen LogP contribution in [0, 0.1) is 5.82 Å². The van der Waals surface area contributed by atoms with E-state index < -0.39 is 11.8 Å². The van der Waals surface area contributed by atoms with Crippen molar-refractivity contribution in [2.75, 3.05) is 7.11 Å². The van der Waals surface area contributed by atoms with Crippen LogP contribution in [0.1, 0.15) is 22.8 Å². The average molecular weight is 210 g/mol. The van der Waals surface area contributed by atoms with Crippen LogP contribution >= 0.6 is 0 Å². The minimum atomic E-state index is -0.492. The van der Waals surface area contributed by atoms with Crippen LogP contribution in [0.25, 0.3) is 0 Å². The highest BCUT2D eigenvalue weighted by atomic mass is 19.1. The molecule has 0 saturated heterocycles. The van der Waals surface area contributed by atoms with Crippen LogP contribution < -0.4 is 0 Å². The lowest BCUT2D eigenvalue weighted by Gasteiger charge is -2.05. The minimum Gasteiger partial charge on any atom is -0.469 e. The minimum absolute atomic E-state index is 0.0221. The van der Waals surface area contributed by atoms with Crippen LogP contribution in [-0.2, 0) is 16.0 Å². The quantitative estimate of drug-likeness (QED) is 0.563. The lowest BCUT2D eigenvalue weighted by Crippen LogP contribution is -2.09. The van der Waals surface area contributed by atoms with Gasteiger partial charge in [-0.05, 0) is 24.6 Å². The maximum absolute atomic E-state index is 12.9. The number of hydrogen-bond donors (Lipinski definition) is 0. The van der Waals surface area contributed by atoms with Gasteiger partial charge in [0.25, 0.3) is 0 Å². The molecule has 0 aliphatic rings. The van der Waals surface area contributed by atoms with Crippen LogP contribution in [-0.4, -0.2) is 18.9 Å². The van der Waals surface area contributed by atoms with Gasteiger partial charge in [0.15, 0.2) is 5.78 Å². The Kier molecular flexibility index (Phi) is 3.55. The SMILES string of the molecule is COC(=O)Cc1ccc(F)cc1C(C)=O. The summed E-state index contributed by atoms with van der Waals surface area (Å²) in [6.07, 6.45) is -0.0221. The van der Waals surface area contributed by atoms with Crippen molar-refractivity contribution in [3.63, 3.8) is 0 Å². The molecule has 0 aliphatic carbocycles. The first-order chi connectivity index (χ1) is 7.04. The Hall–Kier alpha value is -1.71. The summed E-state index contributed by atoms with van der Waals surface area (Å²) in [5, 5.41) is 0. The molecule has 3 nitrogen and oxygen atoms in total. The van der Waals surface area contributed by atoms with E-state index in [1.54, 1.807) is 0 Å². The first-order valence-electron chi connectivity index (χ1n) is 4.40. The van der Waals surface area contributed by atoms with Crippen LogP contribution in [0.5, 0.6) is 0 Å². The number of ketones is 1. The fourth-order valence-electron chi connectivity index (χ4n) is 1.26. The second-order valence-corrected chi connectivity index (χ2v) is 3.11. The predicted octanol–water partition coefficient (Wildman–Crippen LogP) is 1.74. The molecule has 0 unspecified atom stereocenters. The molecule has 4 heteroatoms. The lowest BCUT2D eigenvalue weighted by atomic mass is 10.0. The first-order valence-corrected chi connectivity index (χ1v) is 4.40. The Bertz CT molecular complexity index is 399. The Morgan fingerprint density at radius 3 is 2.60 bits per heavy atom. The monoisotopic (exact) mass is 210 g/mol. The van der Waals surface area contributed by atoms with E-state index in [1.807, 2.05) is 0 Å². The molecule has 0 bridgehead atoms. The lowest BCUT2D eigenvalue weighted by molar-refractivity contribution is -0.139. The number of rotatable bonds is 3. The van der Waals surface area contributed by atoms with Gasteiger partial charge in [0, 0.05) is 5.56 Å². The van der Waals surface area contributed by atoms with E-state index >= 15 is 0 Å². The summed E-state index contributed by atoms with van der Waals surface area (Å²) in [6.45, 7) is 1.33. The molecule has 1 rings (SSSR count). The second-order valence-electron chi connectivity index (χ2n) is 3.11. The molecule has 0 saturated carbocycles. The predicted molar refractivity (Wildman–Crippen MR) is 52.1 cm³/mol. The van der Waals surface area contributed by atoms with Gasteiger partial charge in [0.05, 0.1) is 13.5 Å². The molecule has 0 fully saturated rings. The van der Waals surface area contributed by atoms with Gasteiger partial charge in [-0.2, -0.15) is 0 Å². The van der Waals surface area contributed by atoms with E-state index in [1.165, 1.54) is 26.2 Å². The maximum Gasteiger partial charge on any atom is 0.310 e. The Balaban J connectivity index is 3.06. The fourth-order valence-corrected chi connectivity index (χ4v) is 1.26. The molecule has 0 aliphatic heterocycles. The van der Waals surface area contributed by atoms with Gasteiger partial charge >= 0.3 is 5.97 Å². The third-order valence-corrected chi connectivity index (χ3v) is 2.01. The third-order valence-electron chi connectivity index (χ3n) is 2.01. The standard InChI is InChI=1S/C11H11FO3/c1-7(13)10-6-9(12)4-3-8(10)5-11(14)15-2/h3-4,6H,5H2,1-2H3. The molecule has 0 spiro atoms. The number of ether oxygens (including phenoxy) is 1. The van der Waals surface area contributed by atoms with Crippen molar-refractivity contribution >= 4 is 11.8 Å². The highest BCUT2D eigenvalue weighted by Gasteiger charge is 2.12. The molecule has 0 N–H and O–H groups in total. The maximum atomic E-state index is 12.9. The number of carbonyl (C=O) groups is 2. The van der Waals surface area contributed by atoms with Gasteiger partial charge in [-0.15, -0.1) is 0 Å². The van der Waals surface area contributed by atoms with Crippen molar-refractivity contribution in [1.82, 2.24) is 0 Å². The topological polar surface area (TPSA) is 43.4 Å². The summed E-state index contributed by atoms with van der Waals surface area (Å²) < 4.78 is 17.3. The van der Waals surface area contributed by atoms with Gasteiger partial charge in [-0.25, -0.2) is 4.39 Å². The highest BCUT2D eigenvalue weighted by Crippen LogP contribution is 2.13. The molecule has 80 valence electrons. The molecule has 0 heterocycles. The second kappa shape index (κ2) is 4.68. The smallest absolute Gasteiger partial charge is 0.310 e. The molecule has 0 aromatic heterocycles. The van der Waals surface area contributed by atoms with Crippen molar-refractivity contribution in [1.29, 1.82) is 0 Å². The van der Waals surface area contributed by atoms with E-state index in [0.29, 0.717) is 5.56 Å². The molecule has 1 aromatic carbocycles. The van der Waals surface area contributed by atoms with E-state index in [2.05, 4.69) is 4.74 Å². The van der Waals surface area contributed by atoms with Crippen molar-refractivity contribution in [3.05, 3.63) is 35.1 Å². The van der Waals surface area contributed by atoms with Gasteiger partial charge in [0.2, 0.25) is 0 Å². The molecule has 0 radical (unpaired) electrons. The van der Waals surface area contributed by atoms with E-state index in [9.17, 15) is 14.0 Å². The summed E-state index contributed by atoms with van der Waals surface area (Å²) >= 11 is 0. The van der Waals surface area contributed by atoms with Gasteiger partial charge < -0.3 is 4.74 Å². The molecule has 0 amide bonds. The largest absolute Gasteiger partial charge is 0.469 e. The normalized spacial score (nSPS) is 9.80. The molecular formula is C11H11FO3. The number of methoxy groups -OCH3 is 1. The summed E-state index contributed by atoms with van der Waals surface area (Å²) in [5.41, 5.74) is 0.705. The summed E-state index contributed by atoms with van der Waals surface area (Å²) in [4.78, 5) is 22.2. The highest BCUT2D eigenvalue weighted by molar-refractivity contribution is 5.96. The zero-order chi connectivity index (χ0) is 11.4. The van der Waals surface area contributed by atoms with Gasteiger partial charge in [-0.3, -0.25) is 9.59 Å². The van der Waals surface area contributed by atoms with Crippen LogP contribution in [0.2, 0.25) is 0 Å². The number of halogens is 1. The summed E-state index contributed by atoms with van der Waals surface area (Å²) in [6, 6.07) is 3.76. The summed E-state index contributed by atoms with van der Waals surface area (Å²) in [5.74, 6) is -1.22. The van der Waals surface area contributed by atoms with Crippen molar-refractivity contribution in [2.24, 2.45) is 0 Å². The first kappa shape index (κ1) is 11.4. The number of hydrogen-bond acceptors (Lipinski definition) is 3. The van der Waals surface area contributed by atoms with E-state index in [-0.39, 0.29) is 17.8 Å². The Morgan fingerprint density at radius 1 is 1.40 bits per heavy atom. The van der Waals surface area contributed by atoms with Crippen LogP contribution in [0.4, 0.5) is 4.39 Å². The number of carbonyl (C=O) groups excluding carboxylic acids is 2. The van der Waals surface area contributed by atoms with E-state index in [0.717, 1.165) is 6.07 Å². The van der Waals surface area contributed by atoms with Crippen LogP contribution in [0.3, 0.4) is 0 Å². The number of Topliss-reactive ketones (excluding diaryl/α,β-unsaturated/α-hetero) is 1. The van der Waals surface area contributed by atoms with Gasteiger partial charge in [-0.1, -0.05) is 6.07 Å². The zero-order valence-electron chi connectivity index (χ0n) is 8.54. The van der Waals surface area contributed by atoms with Crippen LogP contribution in [0.15, 0.2) is 18.2 Å². The molecule has 15 heavy (non-hydrogen) atoms. The van der Waals surface area contributed by atoms with Gasteiger partial charge in [0.1, 0.15) is 5.82 Å².